The molecular weight excluding hydrogens is 482 g/mol. The molecule has 0 bridgehead atoms. The zero-order valence-corrected chi connectivity index (χ0v) is 22.2. The summed E-state index contributed by atoms with van der Waals surface area (Å²) in [5.41, 5.74) is 7.08. The van der Waals surface area contributed by atoms with Crippen LogP contribution in [0.4, 0.5) is 5.69 Å². The van der Waals surface area contributed by atoms with Crippen LogP contribution in [0, 0.1) is 13.8 Å². The van der Waals surface area contributed by atoms with Crippen LogP contribution in [0.5, 0.6) is 5.75 Å². The van der Waals surface area contributed by atoms with Crippen molar-refractivity contribution in [3.8, 4) is 11.4 Å². The van der Waals surface area contributed by atoms with E-state index < -0.39 is 0 Å². The third-order valence-corrected chi connectivity index (χ3v) is 7.32. The lowest BCUT2D eigenvalue weighted by molar-refractivity contribution is 0.489. The minimum atomic E-state index is -0.164. The molecule has 6 rings (SSSR count). The highest BCUT2D eigenvalue weighted by atomic mass is 16.5. The Hall–Kier alpha value is -4.90. The number of nitrogens with zero attached hydrogens (tertiary/aromatic N) is 3. The zero-order chi connectivity index (χ0) is 26.9. The van der Waals surface area contributed by atoms with Crippen molar-refractivity contribution in [2.75, 3.05) is 0 Å². The lowest BCUT2D eigenvalue weighted by atomic mass is 9.81. The smallest absolute Gasteiger partial charge is 0.297 e. The first-order chi connectivity index (χ1) is 19.0. The number of hydrogen-bond donors (Lipinski definition) is 0. The first-order valence-electron chi connectivity index (χ1n) is 13.0. The molecule has 1 aromatic heterocycles. The highest BCUT2D eigenvalue weighted by Crippen LogP contribution is 2.45. The van der Waals surface area contributed by atoms with E-state index in [0.717, 1.165) is 45.2 Å². The molecule has 1 atom stereocenters. The molecule has 5 aromatic rings. The van der Waals surface area contributed by atoms with Gasteiger partial charge in [-0.1, -0.05) is 96.6 Å². The first kappa shape index (κ1) is 24.4. The summed E-state index contributed by atoms with van der Waals surface area (Å²) >= 11 is 0. The minimum absolute atomic E-state index is 0.116. The summed E-state index contributed by atoms with van der Waals surface area (Å²) in [5, 5.41) is 0. The maximum atomic E-state index is 13.6. The van der Waals surface area contributed by atoms with E-state index in [1.807, 2.05) is 104 Å². The van der Waals surface area contributed by atoms with Crippen LogP contribution in [0.15, 0.2) is 125 Å². The Morgan fingerprint density at radius 2 is 1.44 bits per heavy atom. The highest BCUT2D eigenvalue weighted by molar-refractivity contribution is 5.95. The van der Waals surface area contributed by atoms with E-state index in [-0.39, 0.29) is 11.5 Å². The molecule has 5 heteroatoms. The van der Waals surface area contributed by atoms with Gasteiger partial charge in [-0.25, -0.2) is 9.67 Å². The van der Waals surface area contributed by atoms with Crippen molar-refractivity contribution in [1.29, 1.82) is 0 Å². The van der Waals surface area contributed by atoms with Gasteiger partial charge in [0.2, 0.25) is 0 Å². The van der Waals surface area contributed by atoms with Gasteiger partial charge >= 0.3 is 0 Å². The first-order valence-corrected chi connectivity index (χ1v) is 13.0. The number of benzene rings is 4. The van der Waals surface area contributed by atoms with Crippen molar-refractivity contribution >= 4 is 17.7 Å². The Morgan fingerprint density at radius 3 is 2.15 bits per heavy atom. The normalized spacial score (nSPS) is 14.9. The summed E-state index contributed by atoms with van der Waals surface area (Å²) in [4.78, 5) is 18.5. The standard InChI is InChI=1S/C34H29N3O2/c1-23-18-20-25(21-19-23)31-28-16-10-11-17-30(28)39-33(26-12-6-4-7-13-26)29(31)22-35-32-24(2)36(3)37(34(32)38)27-14-8-5-9-15-27/h4-22,31H,1-3H3/t31-/m0/s1. The second-order valence-corrected chi connectivity index (χ2v) is 9.80. The van der Waals surface area contributed by atoms with Gasteiger partial charge in [0.15, 0.2) is 5.69 Å². The molecule has 0 amide bonds. The van der Waals surface area contributed by atoms with Gasteiger partial charge in [0.25, 0.3) is 5.56 Å². The Morgan fingerprint density at radius 1 is 0.795 bits per heavy atom. The predicted molar refractivity (Wildman–Crippen MR) is 157 cm³/mol. The van der Waals surface area contributed by atoms with Gasteiger partial charge in [-0.3, -0.25) is 9.48 Å². The van der Waals surface area contributed by atoms with Crippen LogP contribution in [0.25, 0.3) is 11.4 Å². The fraction of sp³-hybridized carbons (Fsp3) is 0.118. The fourth-order valence-corrected chi connectivity index (χ4v) is 5.18. The molecule has 192 valence electrons. The average Bonchev–Trinajstić information content (AvgIpc) is 3.19. The van der Waals surface area contributed by atoms with Crippen molar-refractivity contribution in [2.24, 2.45) is 12.0 Å². The van der Waals surface area contributed by atoms with Gasteiger partial charge in [-0.15, -0.1) is 0 Å². The Labute approximate surface area is 228 Å². The number of aromatic nitrogens is 2. The van der Waals surface area contributed by atoms with Crippen LogP contribution in [-0.4, -0.2) is 15.6 Å². The van der Waals surface area contributed by atoms with E-state index in [0.29, 0.717) is 5.69 Å². The Balaban J connectivity index is 1.56. The van der Waals surface area contributed by atoms with Crippen LogP contribution < -0.4 is 10.3 Å². The molecule has 0 radical (unpaired) electrons. The molecule has 0 fully saturated rings. The lowest BCUT2D eigenvalue weighted by Gasteiger charge is -2.30. The number of para-hydroxylation sites is 2. The molecule has 4 aromatic carbocycles. The molecule has 0 saturated carbocycles. The SMILES string of the molecule is Cc1ccc([C@@H]2C(C=Nc3c(C)n(C)n(-c4ccccc4)c3=O)=C(c3ccccc3)Oc3ccccc32)cc1. The van der Waals surface area contributed by atoms with E-state index >= 15 is 0 Å². The third kappa shape index (κ3) is 4.42. The van der Waals surface area contributed by atoms with Gasteiger partial charge in [0.1, 0.15) is 11.5 Å². The van der Waals surface area contributed by atoms with Gasteiger partial charge in [-0.2, -0.15) is 0 Å². The minimum Gasteiger partial charge on any atom is -0.456 e. The van der Waals surface area contributed by atoms with Crippen LogP contribution in [-0.2, 0) is 7.05 Å². The monoisotopic (exact) mass is 511 g/mol. The molecule has 0 unspecified atom stereocenters. The highest BCUT2D eigenvalue weighted by Gasteiger charge is 2.31. The molecule has 0 aliphatic carbocycles. The van der Waals surface area contributed by atoms with Gasteiger partial charge < -0.3 is 4.74 Å². The Kier molecular flexibility index (Phi) is 6.33. The molecule has 0 saturated heterocycles. The number of hydrogen-bond acceptors (Lipinski definition) is 3. The largest absolute Gasteiger partial charge is 0.456 e. The van der Waals surface area contributed by atoms with E-state index in [1.54, 1.807) is 4.68 Å². The average molecular weight is 512 g/mol. The van der Waals surface area contributed by atoms with E-state index in [4.69, 9.17) is 9.73 Å². The van der Waals surface area contributed by atoms with E-state index in [2.05, 4.69) is 37.3 Å². The number of aryl methyl sites for hydroxylation is 1. The molecule has 1 aliphatic rings. The fourth-order valence-electron chi connectivity index (χ4n) is 5.18. The molecule has 39 heavy (non-hydrogen) atoms. The third-order valence-electron chi connectivity index (χ3n) is 7.32. The summed E-state index contributed by atoms with van der Waals surface area (Å²) in [6.07, 6.45) is 1.82. The molecule has 0 N–H and O–H groups in total. The van der Waals surface area contributed by atoms with Crippen molar-refractivity contribution in [2.45, 2.75) is 19.8 Å². The second-order valence-electron chi connectivity index (χ2n) is 9.80. The van der Waals surface area contributed by atoms with Crippen LogP contribution >= 0.6 is 0 Å². The van der Waals surface area contributed by atoms with E-state index in [9.17, 15) is 4.79 Å². The summed E-state index contributed by atoms with van der Waals surface area (Å²) in [6, 6.07) is 36.4. The van der Waals surface area contributed by atoms with Crippen LogP contribution in [0.2, 0.25) is 0 Å². The quantitative estimate of drug-likeness (QED) is 0.236. The maximum Gasteiger partial charge on any atom is 0.297 e. The number of rotatable bonds is 5. The van der Waals surface area contributed by atoms with Crippen LogP contribution in [0.1, 0.15) is 33.9 Å². The summed E-state index contributed by atoms with van der Waals surface area (Å²) in [6.45, 7) is 4.01. The van der Waals surface area contributed by atoms with Crippen molar-refractivity contribution in [1.82, 2.24) is 9.36 Å². The number of allylic oxidation sites excluding steroid dienone is 1. The van der Waals surface area contributed by atoms with Crippen molar-refractivity contribution < 1.29 is 4.74 Å². The molecule has 0 spiro atoms. The van der Waals surface area contributed by atoms with Gasteiger partial charge in [0, 0.05) is 35.9 Å². The van der Waals surface area contributed by atoms with Crippen LogP contribution in [0.3, 0.4) is 0 Å². The Bertz CT molecular complexity index is 1760. The topological polar surface area (TPSA) is 48.5 Å². The number of ether oxygens (including phenoxy) is 1. The zero-order valence-electron chi connectivity index (χ0n) is 22.2. The van der Waals surface area contributed by atoms with Crippen molar-refractivity contribution in [3.05, 3.63) is 153 Å². The molecule has 5 nitrogen and oxygen atoms in total. The van der Waals surface area contributed by atoms with Gasteiger partial charge in [-0.05, 0) is 37.6 Å². The second kappa shape index (κ2) is 10.1. The lowest BCUT2D eigenvalue weighted by Crippen LogP contribution is -2.19. The van der Waals surface area contributed by atoms with Crippen molar-refractivity contribution in [3.63, 3.8) is 0 Å². The number of aliphatic imine (C=N–C) groups is 1. The molecular formula is C34H29N3O2. The van der Waals surface area contributed by atoms with E-state index in [1.165, 1.54) is 5.56 Å². The predicted octanol–water partition coefficient (Wildman–Crippen LogP) is 7.13. The molecule has 2 heterocycles. The number of fused-ring (bicyclic) bond motifs is 1. The summed E-state index contributed by atoms with van der Waals surface area (Å²) < 4.78 is 10.1. The summed E-state index contributed by atoms with van der Waals surface area (Å²) in [5.74, 6) is 1.44. The molecule has 1 aliphatic heterocycles. The maximum absolute atomic E-state index is 13.6. The summed E-state index contributed by atoms with van der Waals surface area (Å²) in [7, 11) is 1.88. The van der Waals surface area contributed by atoms with Gasteiger partial charge in [0.05, 0.1) is 11.4 Å².